The van der Waals surface area contributed by atoms with Crippen molar-refractivity contribution in [1.29, 1.82) is 0 Å². The lowest BCUT2D eigenvalue weighted by Gasteiger charge is -2.42. The van der Waals surface area contributed by atoms with E-state index < -0.39 is 140 Å². The highest BCUT2D eigenvalue weighted by Gasteiger charge is 2.49. The molecule has 3 aromatic rings. The molecule has 3 saturated heterocycles. The molecule has 0 saturated carbocycles. The average Bonchev–Trinajstić information content (AvgIpc) is 3.18. The van der Waals surface area contributed by atoms with Crippen LogP contribution in [-0.4, -0.2) is 185 Å². The molecule has 1 aromatic heterocycles. The molecule has 3 fully saturated rings. The lowest BCUT2D eigenvalue weighted by atomic mass is 9.98. The zero-order valence-electron chi connectivity index (χ0n) is 29.2. The molecule has 15 atom stereocenters. The number of aliphatic hydroxyl groups excluding tert-OH is 11. The SMILES string of the molecule is COc1cc(-c2oc3cc(O[C@@H]4OC(CO)[C@@H](O)[C@H](O)C4O)cc(O)c3c(=O)c2O[C@H]2OC(CO[C@@H]3OC(CO)[C@@H](O)[C@H](O)C3O)[C@H](O)C(O)C2O)ccc1O. The number of phenols is 2. The number of aliphatic hydroxyl groups is 11. The molecule has 310 valence electrons. The van der Waals surface area contributed by atoms with Crippen LogP contribution in [0, 0.1) is 0 Å². The summed E-state index contributed by atoms with van der Waals surface area (Å²) in [7, 11) is 1.23. The van der Waals surface area contributed by atoms with Gasteiger partial charge in [-0.15, -0.1) is 0 Å². The molecule has 3 aliphatic heterocycles. The smallest absolute Gasteiger partial charge is 0.239 e. The number of fused-ring (bicyclic) bond motifs is 1. The Balaban J connectivity index is 1.34. The van der Waals surface area contributed by atoms with Crippen molar-refractivity contribution in [3.8, 4) is 40.1 Å². The first kappa shape index (κ1) is 41.7. The normalized spacial score (nSPS) is 36.3. The highest BCUT2D eigenvalue weighted by atomic mass is 16.7. The second kappa shape index (κ2) is 16.9. The van der Waals surface area contributed by atoms with Crippen LogP contribution in [0.1, 0.15) is 0 Å². The standard InChI is InChI=1S/C34H42O22/c1-49-14-4-10(2-3-12(14)37)30-31(23(42)19-13(38)5-11(6-15(19)52-30)51-33-28(47)25(44)21(40)17(8-36)54-33)56-34-29(48)26(45)22(41)18(55-34)9-50-32-27(46)24(43)20(39)16(7-35)53-32/h2-6,16-18,20-22,24-29,32-41,43-48H,7-9H2,1H3/t16?,17?,18?,20-,21-,22+,24+,25+,26?,27?,28?,29?,32-,33-,34-/m1/s1. The zero-order chi connectivity index (χ0) is 40.7. The third-order valence-electron chi connectivity index (χ3n) is 9.62. The van der Waals surface area contributed by atoms with Crippen LogP contribution in [0.3, 0.4) is 0 Å². The fourth-order valence-electron chi connectivity index (χ4n) is 6.40. The van der Waals surface area contributed by atoms with Gasteiger partial charge in [0.05, 0.1) is 26.9 Å². The summed E-state index contributed by atoms with van der Waals surface area (Å²) < 4.78 is 44.4. The van der Waals surface area contributed by atoms with Crippen LogP contribution in [0.5, 0.6) is 28.7 Å². The van der Waals surface area contributed by atoms with Crippen molar-refractivity contribution in [2.45, 2.75) is 92.1 Å². The minimum atomic E-state index is -2.06. The summed E-state index contributed by atoms with van der Waals surface area (Å²) in [6, 6.07) is 5.68. The molecule has 22 nitrogen and oxygen atoms in total. The van der Waals surface area contributed by atoms with Gasteiger partial charge in [-0.2, -0.15) is 0 Å². The second-order valence-corrected chi connectivity index (χ2v) is 13.3. The van der Waals surface area contributed by atoms with E-state index in [1.54, 1.807) is 0 Å². The molecule has 7 unspecified atom stereocenters. The van der Waals surface area contributed by atoms with E-state index in [0.717, 1.165) is 12.1 Å². The summed E-state index contributed by atoms with van der Waals surface area (Å²) in [5, 5.41) is 133. The summed E-state index contributed by atoms with van der Waals surface area (Å²) in [4.78, 5) is 14.2. The Labute approximate surface area is 314 Å². The van der Waals surface area contributed by atoms with Crippen molar-refractivity contribution in [2.75, 3.05) is 26.9 Å². The monoisotopic (exact) mass is 802 g/mol. The maximum Gasteiger partial charge on any atom is 0.239 e. The first-order valence-corrected chi connectivity index (χ1v) is 17.1. The second-order valence-electron chi connectivity index (χ2n) is 13.3. The third kappa shape index (κ3) is 7.83. The molecule has 4 heterocycles. The van der Waals surface area contributed by atoms with Crippen molar-refractivity contribution in [3.05, 3.63) is 40.6 Å². The Bertz CT molecular complexity index is 1880. The van der Waals surface area contributed by atoms with E-state index in [-0.39, 0.29) is 28.4 Å². The molecular weight excluding hydrogens is 760 g/mol. The fraction of sp³-hybridized carbons (Fsp3) is 0.559. The van der Waals surface area contributed by atoms with Gasteiger partial charge in [0.25, 0.3) is 0 Å². The molecular formula is C34H42O22. The molecule has 0 spiro atoms. The summed E-state index contributed by atoms with van der Waals surface area (Å²) in [6.07, 6.45) is -26.2. The van der Waals surface area contributed by atoms with Crippen molar-refractivity contribution in [2.24, 2.45) is 0 Å². The summed E-state index contributed by atoms with van der Waals surface area (Å²) in [5.41, 5.74) is -1.48. The number of hydrogen-bond acceptors (Lipinski definition) is 22. The molecule has 22 heteroatoms. The van der Waals surface area contributed by atoms with Crippen LogP contribution in [0.2, 0.25) is 0 Å². The van der Waals surface area contributed by atoms with Gasteiger partial charge in [0.2, 0.25) is 23.8 Å². The van der Waals surface area contributed by atoms with Gasteiger partial charge in [-0.1, -0.05) is 0 Å². The number of hydrogen-bond donors (Lipinski definition) is 13. The van der Waals surface area contributed by atoms with E-state index in [0.29, 0.717) is 0 Å². The first-order chi connectivity index (χ1) is 26.6. The van der Waals surface area contributed by atoms with E-state index in [4.69, 9.17) is 37.6 Å². The quantitative estimate of drug-likeness (QED) is 0.0863. The van der Waals surface area contributed by atoms with E-state index in [2.05, 4.69) is 0 Å². The molecule has 0 bridgehead atoms. The maximum atomic E-state index is 14.2. The molecule has 13 N–H and O–H groups in total. The molecule has 3 aliphatic rings. The van der Waals surface area contributed by atoms with Gasteiger partial charge < -0.3 is 104 Å². The Morgan fingerprint density at radius 2 is 1.16 bits per heavy atom. The van der Waals surface area contributed by atoms with Gasteiger partial charge in [-0.3, -0.25) is 4.79 Å². The first-order valence-electron chi connectivity index (χ1n) is 17.1. The molecule has 0 amide bonds. The molecule has 2 aromatic carbocycles. The third-order valence-corrected chi connectivity index (χ3v) is 9.62. The van der Waals surface area contributed by atoms with Crippen LogP contribution in [0.15, 0.2) is 39.5 Å². The van der Waals surface area contributed by atoms with Gasteiger partial charge in [0.15, 0.2) is 23.5 Å². The zero-order valence-corrected chi connectivity index (χ0v) is 29.2. The van der Waals surface area contributed by atoms with Crippen LogP contribution in [0.25, 0.3) is 22.3 Å². The van der Waals surface area contributed by atoms with E-state index in [9.17, 15) is 71.2 Å². The fourth-order valence-corrected chi connectivity index (χ4v) is 6.40. The Hall–Kier alpha value is -3.95. The minimum absolute atomic E-state index is 0.00165. The number of phenolic OH excluding ortho intramolecular Hbond substituents is 2. The highest BCUT2D eigenvalue weighted by Crippen LogP contribution is 2.40. The van der Waals surface area contributed by atoms with Crippen molar-refractivity contribution in [3.63, 3.8) is 0 Å². The average molecular weight is 803 g/mol. The topological polar surface area (TPSA) is 358 Å². The molecule has 6 rings (SSSR count). The van der Waals surface area contributed by atoms with E-state index in [1.165, 1.54) is 25.3 Å². The highest BCUT2D eigenvalue weighted by molar-refractivity contribution is 5.88. The Morgan fingerprint density at radius 1 is 0.625 bits per heavy atom. The minimum Gasteiger partial charge on any atom is -0.507 e. The largest absolute Gasteiger partial charge is 0.507 e. The predicted octanol–water partition coefficient (Wildman–Crippen LogP) is -4.94. The number of rotatable bonds is 11. The van der Waals surface area contributed by atoms with Crippen LogP contribution in [0.4, 0.5) is 0 Å². The maximum absolute atomic E-state index is 14.2. The van der Waals surface area contributed by atoms with Crippen molar-refractivity contribution in [1.82, 2.24) is 0 Å². The van der Waals surface area contributed by atoms with Gasteiger partial charge in [-0.25, -0.2) is 0 Å². The molecule has 0 radical (unpaired) electrons. The lowest BCUT2D eigenvalue weighted by molar-refractivity contribution is -0.323. The Kier molecular flexibility index (Phi) is 12.6. The van der Waals surface area contributed by atoms with Gasteiger partial charge >= 0.3 is 0 Å². The number of benzene rings is 2. The van der Waals surface area contributed by atoms with Crippen molar-refractivity contribution >= 4 is 11.0 Å². The van der Waals surface area contributed by atoms with Crippen LogP contribution < -0.4 is 19.6 Å². The van der Waals surface area contributed by atoms with Gasteiger partial charge in [-0.05, 0) is 18.2 Å². The molecule has 56 heavy (non-hydrogen) atoms. The predicted molar refractivity (Wildman–Crippen MR) is 179 cm³/mol. The molecule has 0 aliphatic carbocycles. The lowest BCUT2D eigenvalue weighted by Crippen LogP contribution is -2.62. The summed E-state index contributed by atoms with van der Waals surface area (Å²) in [6.45, 7) is -2.24. The Morgan fingerprint density at radius 3 is 1.75 bits per heavy atom. The van der Waals surface area contributed by atoms with E-state index in [1.807, 2.05) is 0 Å². The van der Waals surface area contributed by atoms with Gasteiger partial charge in [0.1, 0.15) is 95.7 Å². The summed E-state index contributed by atoms with van der Waals surface area (Å²) in [5.74, 6) is -2.69. The number of aromatic hydroxyl groups is 2. The van der Waals surface area contributed by atoms with Crippen molar-refractivity contribution < 1.29 is 104 Å². The van der Waals surface area contributed by atoms with Gasteiger partial charge in [0, 0.05) is 17.7 Å². The van der Waals surface area contributed by atoms with E-state index >= 15 is 0 Å². The summed E-state index contributed by atoms with van der Waals surface area (Å²) >= 11 is 0. The number of methoxy groups -OCH3 is 1. The van der Waals surface area contributed by atoms with Crippen LogP contribution in [-0.2, 0) is 18.9 Å². The van der Waals surface area contributed by atoms with Crippen LogP contribution >= 0.6 is 0 Å². The number of ether oxygens (including phenoxy) is 7.